The van der Waals surface area contributed by atoms with E-state index in [1.807, 2.05) is 0 Å². The fourth-order valence-corrected chi connectivity index (χ4v) is 2.87. The summed E-state index contributed by atoms with van der Waals surface area (Å²) in [7, 11) is 0. The Morgan fingerprint density at radius 2 is 1.87 bits per heavy atom. The number of rotatable bonds is 7. The Kier molecular flexibility index (Phi) is 7.24. The van der Waals surface area contributed by atoms with Crippen molar-refractivity contribution in [2.24, 2.45) is 0 Å². The Balaban J connectivity index is 1.84. The van der Waals surface area contributed by atoms with Crippen LogP contribution in [0.15, 0.2) is 77.0 Å². The number of carbonyl (C=O) groups excluding carboxylic acids is 3. The van der Waals surface area contributed by atoms with Gasteiger partial charge in [0.05, 0.1) is 29.0 Å². The molecular weight excluding hydrogens is 420 g/mol. The number of hydrogen-bond donors (Lipinski definition) is 2. The van der Waals surface area contributed by atoms with Gasteiger partial charge in [0, 0.05) is 11.8 Å². The molecule has 2 N–H and O–H groups in total. The Morgan fingerprint density at radius 3 is 2.58 bits per heavy atom. The van der Waals surface area contributed by atoms with Gasteiger partial charge in [-0.2, -0.15) is 0 Å². The van der Waals surface area contributed by atoms with Crippen LogP contribution in [-0.4, -0.2) is 24.4 Å². The van der Waals surface area contributed by atoms with E-state index in [1.165, 1.54) is 18.4 Å². The zero-order chi connectivity index (χ0) is 22.2. The molecule has 3 rings (SSSR count). The van der Waals surface area contributed by atoms with Crippen LogP contribution >= 0.6 is 11.6 Å². The summed E-state index contributed by atoms with van der Waals surface area (Å²) in [5, 5.41) is 5.47. The summed E-state index contributed by atoms with van der Waals surface area (Å²) >= 11 is 6.08. The number of halogens is 1. The Hall–Kier alpha value is -3.84. The van der Waals surface area contributed by atoms with E-state index in [1.54, 1.807) is 61.5 Å². The van der Waals surface area contributed by atoms with Gasteiger partial charge >= 0.3 is 5.97 Å². The molecule has 158 valence electrons. The van der Waals surface area contributed by atoms with E-state index in [2.05, 4.69) is 10.6 Å². The smallest absolute Gasteiger partial charge is 0.338 e. The molecule has 0 saturated carbocycles. The second-order valence-electron chi connectivity index (χ2n) is 6.26. The highest BCUT2D eigenvalue weighted by Gasteiger charge is 2.18. The Morgan fingerprint density at radius 1 is 1.06 bits per heavy atom. The summed E-state index contributed by atoms with van der Waals surface area (Å²) in [5.74, 6) is -1.31. The van der Waals surface area contributed by atoms with Gasteiger partial charge in [0.25, 0.3) is 11.8 Å². The third-order valence-corrected chi connectivity index (χ3v) is 4.40. The predicted octanol–water partition coefficient (Wildman–Crippen LogP) is 4.52. The zero-order valence-corrected chi connectivity index (χ0v) is 17.3. The number of esters is 1. The summed E-state index contributed by atoms with van der Waals surface area (Å²) in [5.41, 5.74) is 0.789. The summed E-state index contributed by atoms with van der Waals surface area (Å²) in [4.78, 5) is 37.5. The fraction of sp³-hybridized carbons (Fsp3) is 0.0870. The molecule has 1 aromatic heterocycles. The number of anilines is 1. The molecule has 0 bridgehead atoms. The monoisotopic (exact) mass is 438 g/mol. The number of benzene rings is 2. The van der Waals surface area contributed by atoms with E-state index in [0.717, 1.165) is 0 Å². The van der Waals surface area contributed by atoms with Crippen LogP contribution in [0, 0.1) is 0 Å². The van der Waals surface area contributed by atoms with Crippen LogP contribution in [0.3, 0.4) is 0 Å². The molecule has 0 fully saturated rings. The highest BCUT2D eigenvalue weighted by molar-refractivity contribution is 6.34. The maximum absolute atomic E-state index is 12.9. The molecule has 7 nitrogen and oxygen atoms in total. The predicted molar refractivity (Wildman–Crippen MR) is 117 cm³/mol. The third kappa shape index (κ3) is 5.83. The maximum Gasteiger partial charge on any atom is 0.338 e. The van der Waals surface area contributed by atoms with Gasteiger partial charge in [-0.1, -0.05) is 29.8 Å². The van der Waals surface area contributed by atoms with Gasteiger partial charge in [0.1, 0.15) is 11.5 Å². The standard InChI is InChI=1S/C23H19ClN2O5/c1-2-30-23(29)15-7-5-8-16(13-15)25-22(28)20(14-17-9-6-12-31-17)26-21(27)18-10-3-4-11-19(18)24/h3-14H,2H2,1H3,(H,25,28)(H,26,27)/b20-14+. The first kappa shape index (κ1) is 21.9. The lowest BCUT2D eigenvalue weighted by atomic mass is 10.2. The van der Waals surface area contributed by atoms with Crippen molar-refractivity contribution < 1.29 is 23.5 Å². The van der Waals surface area contributed by atoms with E-state index >= 15 is 0 Å². The van der Waals surface area contributed by atoms with Crippen molar-refractivity contribution in [3.63, 3.8) is 0 Å². The second-order valence-corrected chi connectivity index (χ2v) is 6.67. The van der Waals surface area contributed by atoms with Crippen molar-refractivity contribution in [1.29, 1.82) is 0 Å². The third-order valence-electron chi connectivity index (χ3n) is 4.07. The molecule has 2 aromatic carbocycles. The van der Waals surface area contributed by atoms with Gasteiger partial charge in [-0.25, -0.2) is 4.79 Å². The van der Waals surface area contributed by atoms with Gasteiger partial charge in [-0.15, -0.1) is 0 Å². The van der Waals surface area contributed by atoms with Crippen LogP contribution in [0.2, 0.25) is 5.02 Å². The minimum absolute atomic E-state index is 0.0681. The molecule has 1 heterocycles. The first-order valence-electron chi connectivity index (χ1n) is 9.37. The number of ether oxygens (including phenoxy) is 1. The molecule has 3 aromatic rings. The molecule has 2 amide bonds. The van der Waals surface area contributed by atoms with Crippen molar-refractivity contribution in [3.8, 4) is 0 Å². The molecule has 8 heteroatoms. The molecule has 0 atom stereocenters. The fourth-order valence-electron chi connectivity index (χ4n) is 2.65. The van der Waals surface area contributed by atoms with Crippen LogP contribution in [0.25, 0.3) is 6.08 Å². The molecule has 0 aliphatic rings. The quantitative estimate of drug-likeness (QED) is 0.417. The van der Waals surface area contributed by atoms with Crippen molar-refractivity contribution in [2.75, 3.05) is 11.9 Å². The Labute approximate surface area is 183 Å². The van der Waals surface area contributed by atoms with Crippen LogP contribution in [0.4, 0.5) is 5.69 Å². The minimum Gasteiger partial charge on any atom is -0.465 e. The van der Waals surface area contributed by atoms with Crippen LogP contribution in [0.1, 0.15) is 33.4 Å². The van der Waals surface area contributed by atoms with Crippen LogP contribution in [0.5, 0.6) is 0 Å². The van der Waals surface area contributed by atoms with Crippen LogP contribution in [-0.2, 0) is 9.53 Å². The van der Waals surface area contributed by atoms with Crippen molar-refractivity contribution in [2.45, 2.75) is 6.92 Å². The summed E-state index contributed by atoms with van der Waals surface area (Å²) in [6, 6.07) is 16.1. The van der Waals surface area contributed by atoms with E-state index in [0.29, 0.717) is 11.4 Å². The molecule has 0 spiro atoms. The Bertz CT molecular complexity index is 1120. The van der Waals surface area contributed by atoms with E-state index < -0.39 is 17.8 Å². The first-order chi connectivity index (χ1) is 15.0. The summed E-state index contributed by atoms with van der Waals surface area (Å²) < 4.78 is 10.2. The second kappa shape index (κ2) is 10.3. The number of carbonyl (C=O) groups is 3. The lowest BCUT2D eigenvalue weighted by Crippen LogP contribution is -2.31. The largest absolute Gasteiger partial charge is 0.465 e. The minimum atomic E-state index is -0.613. The number of hydrogen-bond acceptors (Lipinski definition) is 5. The van der Waals surface area contributed by atoms with Crippen LogP contribution < -0.4 is 10.6 Å². The summed E-state index contributed by atoms with van der Waals surface area (Å²) in [6.07, 6.45) is 2.83. The van der Waals surface area contributed by atoms with Gasteiger partial charge in [0.2, 0.25) is 0 Å². The van der Waals surface area contributed by atoms with Gasteiger partial charge in [-0.3, -0.25) is 9.59 Å². The lowest BCUT2D eigenvalue weighted by Gasteiger charge is -2.12. The van der Waals surface area contributed by atoms with Crippen molar-refractivity contribution in [1.82, 2.24) is 5.32 Å². The highest BCUT2D eigenvalue weighted by atomic mass is 35.5. The van der Waals surface area contributed by atoms with E-state index in [4.69, 9.17) is 20.8 Å². The van der Waals surface area contributed by atoms with Crippen molar-refractivity contribution >= 4 is 41.1 Å². The van der Waals surface area contributed by atoms with Crippen molar-refractivity contribution in [3.05, 3.63) is 94.5 Å². The van der Waals surface area contributed by atoms with Gasteiger partial charge in [-0.05, 0) is 49.4 Å². The normalized spacial score (nSPS) is 11.0. The van der Waals surface area contributed by atoms with Gasteiger partial charge in [0.15, 0.2) is 0 Å². The topological polar surface area (TPSA) is 97.6 Å². The summed E-state index contributed by atoms with van der Waals surface area (Å²) in [6.45, 7) is 1.94. The average molecular weight is 439 g/mol. The average Bonchev–Trinajstić information content (AvgIpc) is 3.27. The SMILES string of the molecule is CCOC(=O)c1cccc(NC(=O)/C(=C\c2ccco2)NC(=O)c2ccccc2Cl)c1. The molecule has 0 saturated heterocycles. The zero-order valence-electron chi connectivity index (χ0n) is 16.6. The lowest BCUT2D eigenvalue weighted by molar-refractivity contribution is -0.113. The molecule has 31 heavy (non-hydrogen) atoms. The molecule has 0 aliphatic heterocycles. The maximum atomic E-state index is 12.9. The number of nitrogens with one attached hydrogen (secondary N) is 2. The molecule has 0 unspecified atom stereocenters. The van der Waals surface area contributed by atoms with E-state index in [9.17, 15) is 14.4 Å². The molecule has 0 radical (unpaired) electrons. The highest BCUT2D eigenvalue weighted by Crippen LogP contribution is 2.17. The number of furan rings is 1. The molecule has 0 aliphatic carbocycles. The first-order valence-corrected chi connectivity index (χ1v) is 9.75. The molecular formula is C23H19ClN2O5. The number of amides is 2. The van der Waals surface area contributed by atoms with Gasteiger partial charge < -0.3 is 19.8 Å². The van der Waals surface area contributed by atoms with E-state index in [-0.39, 0.29) is 28.5 Å².